The van der Waals surface area contributed by atoms with Crippen LogP contribution in [0.15, 0.2) is 24.3 Å². The molecule has 98 valence electrons. The van der Waals surface area contributed by atoms with Crippen molar-refractivity contribution in [3.63, 3.8) is 0 Å². The molecule has 3 amide bonds. The number of hydrogen-bond donors (Lipinski definition) is 4. The fraction of sp³-hybridized carbons (Fsp3) is 0.333. The zero-order valence-electron chi connectivity index (χ0n) is 10.4. The Balaban J connectivity index is 2.54. The Hall–Kier alpha value is -2.08. The first-order valence-electron chi connectivity index (χ1n) is 5.56. The van der Waals surface area contributed by atoms with E-state index < -0.39 is 12.1 Å². The second kappa shape index (κ2) is 6.61. The number of urea groups is 1. The van der Waals surface area contributed by atoms with Crippen molar-refractivity contribution in [2.45, 2.75) is 13.0 Å². The van der Waals surface area contributed by atoms with Crippen molar-refractivity contribution in [2.24, 2.45) is 0 Å². The van der Waals surface area contributed by atoms with E-state index >= 15 is 0 Å². The molecule has 0 aliphatic rings. The Morgan fingerprint density at radius 1 is 1.39 bits per heavy atom. The van der Waals surface area contributed by atoms with Gasteiger partial charge in [0, 0.05) is 12.7 Å². The van der Waals surface area contributed by atoms with E-state index in [0.29, 0.717) is 11.3 Å². The average Bonchev–Trinajstić information content (AvgIpc) is 2.36. The topological polar surface area (TPSA) is 90.5 Å². The van der Waals surface area contributed by atoms with E-state index in [4.69, 9.17) is 0 Å². The van der Waals surface area contributed by atoms with Crippen molar-refractivity contribution < 1.29 is 14.7 Å². The van der Waals surface area contributed by atoms with Gasteiger partial charge in [-0.3, -0.25) is 4.79 Å². The summed E-state index contributed by atoms with van der Waals surface area (Å²) >= 11 is 0. The van der Waals surface area contributed by atoms with E-state index in [-0.39, 0.29) is 12.5 Å². The number of benzene rings is 1. The second-order valence-electron chi connectivity index (χ2n) is 3.78. The Kier molecular flexibility index (Phi) is 5.13. The van der Waals surface area contributed by atoms with E-state index in [9.17, 15) is 14.7 Å². The minimum absolute atomic E-state index is 0.0849. The number of carbonyl (C=O) groups excluding carboxylic acids is 2. The molecule has 0 aromatic heterocycles. The smallest absolute Gasteiger partial charge is 0.319 e. The Labute approximate surface area is 105 Å². The van der Waals surface area contributed by atoms with E-state index in [1.54, 1.807) is 31.2 Å². The third-order valence-electron chi connectivity index (χ3n) is 2.32. The van der Waals surface area contributed by atoms with Gasteiger partial charge in [-0.1, -0.05) is 12.1 Å². The maximum absolute atomic E-state index is 11.4. The highest BCUT2D eigenvalue weighted by Crippen LogP contribution is 2.16. The van der Waals surface area contributed by atoms with Crippen LogP contribution in [0.25, 0.3) is 0 Å². The van der Waals surface area contributed by atoms with Crippen LogP contribution in [0.1, 0.15) is 18.6 Å². The van der Waals surface area contributed by atoms with Crippen LogP contribution in [-0.4, -0.2) is 30.6 Å². The van der Waals surface area contributed by atoms with Gasteiger partial charge in [0.2, 0.25) is 5.91 Å². The first kappa shape index (κ1) is 14.0. The predicted octanol–water partition coefficient (Wildman–Crippen LogP) is 0.607. The molecule has 4 N–H and O–H groups in total. The Morgan fingerprint density at radius 3 is 2.72 bits per heavy atom. The van der Waals surface area contributed by atoms with Gasteiger partial charge in [-0.15, -0.1) is 0 Å². The summed E-state index contributed by atoms with van der Waals surface area (Å²) in [6, 6.07) is 6.39. The van der Waals surface area contributed by atoms with Crippen LogP contribution in [0.4, 0.5) is 10.5 Å². The lowest BCUT2D eigenvalue weighted by Crippen LogP contribution is -2.37. The Bertz CT molecular complexity index is 432. The monoisotopic (exact) mass is 251 g/mol. The number of anilines is 1. The SMILES string of the molecule is CNC(=O)CNC(=O)Nc1cccc(C(C)O)c1. The second-order valence-corrected chi connectivity index (χ2v) is 3.78. The minimum Gasteiger partial charge on any atom is -0.389 e. The molecular formula is C12H17N3O3. The standard InChI is InChI=1S/C12H17N3O3/c1-8(16)9-4-3-5-10(6-9)15-12(18)14-7-11(17)13-2/h3-6,8,16H,7H2,1-2H3,(H,13,17)(H2,14,15,18). The first-order valence-corrected chi connectivity index (χ1v) is 5.56. The maximum atomic E-state index is 11.4. The lowest BCUT2D eigenvalue weighted by molar-refractivity contribution is -0.119. The van der Waals surface area contributed by atoms with Crippen LogP contribution >= 0.6 is 0 Å². The summed E-state index contributed by atoms with van der Waals surface area (Å²) in [6.07, 6.45) is -0.597. The summed E-state index contributed by atoms with van der Waals surface area (Å²) in [4.78, 5) is 22.4. The molecule has 0 saturated carbocycles. The summed E-state index contributed by atoms with van der Waals surface area (Å²) in [6.45, 7) is 1.56. The van der Waals surface area contributed by atoms with E-state index in [0.717, 1.165) is 0 Å². The van der Waals surface area contributed by atoms with Crippen LogP contribution in [0.2, 0.25) is 0 Å². The number of amides is 3. The molecule has 1 aromatic rings. The van der Waals surface area contributed by atoms with E-state index in [2.05, 4.69) is 16.0 Å². The number of nitrogens with one attached hydrogen (secondary N) is 3. The summed E-state index contributed by atoms with van der Waals surface area (Å²) in [5.74, 6) is -0.275. The summed E-state index contributed by atoms with van der Waals surface area (Å²) < 4.78 is 0. The maximum Gasteiger partial charge on any atom is 0.319 e. The normalized spacial score (nSPS) is 11.5. The Morgan fingerprint density at radius 2 is 2.11 bits per heavy atom. The molecular weight excluding hydrogens is 234 g/mol. The van der Waals surface area contributed by atoms with Crippen molar-refractivity contribution in [3.8, 4) is 0 Å². The lowest BCUT2D eigenvalue weighted by atomic mass is 10.1. The number of likely N-dealkylation sites (N-methyl/N-ethyl adjacent to an activating group) is 1. The van der Waals surface area contributed by atoms with Gasteiger partial charge in [0.05, 0.1) is 12.6 Å². The molecule has 1 rings (SSSR count). The van der Waals surface area contributed by atoms with Crippen LogP contribution in [-0.2, 0) is 4.79 Å². The third-order valence-corrected chi connectivity index (χ3v) is 2.32. The molecule has 0 saturated heterocycles. The fourth-order valence-electron chi connectivity index (χ4n) is 1.30. The summed E-state index contributed by atoms with van der Waals surface area (Å²) in [7, 11) is 1.49. The highest BCUT2D eigenvalue weighted by atomic mass is 16.3. The quantitative estimate of drug-likeness (QED) is 0.632. The van der Waals surface area contributed by atoms with Gasteiger partial charge in [-0.25, -0.2) is 4.79 Å². The molecule has 18 heavy (non-hydrogen) atoms. The number of hydrogen-bond acceptors (Lipinski definition) is 3. The first-order chi connectivity index (χ1) is 8.52. The van der Waals surface area contributed by atoms with Crippen LogP contribution in [0, 0.1) is 0 Å². The summed E-state index contributed by atoms with van der Waals surface area (Å²) in [5, 5.41) is 16.8. The molecule has 1 aromatic carbocycles. The van der Waals surface area contributed by atoms with Gasteiger partial charge in [-0.2, -0.15) is 0 Å². The van der Waals surface area contributed by atoms with E-state index in [1.807, 2.05) is 0 Å². The molecule has 6 heteroatoms. The van der Waals surface area contributed by atoms with Crippen molar-refractivity contribution in [3.05, 3.63) is 29.8 Å². The van der Waals surface area contributed by atoms with Gasteiger partial charge >= 0.3 is 6.03 Å². The number of aliphatic hydroxyl groups excluding tert-OH is 1. The van der Waals surface area contributed by atoms with Gasteiger partial charge in [0.15, 0.2) is 0 Å². The van der Waals surface area contributed by atoms with Crippen molar-refractivity contribution in [1.82, 2.24) is 10.6 Å². The minimum atomic E-state index is -0.597. The number of carbonyl (C=O) groups is 2. The number of aliphatic hydroxyl groups is 1. The van der Waals surface area contributed by atoms with Crippen LogP contribution in [0.3, 0.4) is 0 Å². The highest BCUT2D eigenvalue weighted by molar-refractivity contribution is 5.92. The van der Waals surface area contributed by atoms with Gasteiger partial charge < -0.3 is 21.1 Å². The van der Waals surface area contributed by atoms with E-state index in [1.165, 1.54) is 7.05 Å². The number of rotatable bonds is 4. The summed E-state index contributed by atoms with van der Waals surface area (Å²) in [5.41, 5.74) is 1.27. The molecule has 6 nitrogen and oxygen atoms in total. The largest absolute Gasteiger partial charge is 0.389 e. The van der Waals surface area contributed by atoms with Crippen LogP contribution in [0.5, 0.6) is 0 Å². The third kappa shape index (κ3) is 4.42. The molecule has 0 radical (unpaired) electrons. The molecule has 0 heterocycles. The van der Waals surface area contributed by atoms with Crippen molar-refractivity contribution in [1.29, 1.82) is 0 Å². The average molecular weight is 251 g/mol. The molecule has 0 bridgehead atoms. The van der Waals surface area contributed by atoms with Crippen LogP contribution < -0.4 is 16.0 Å². The van der Waals surface area contributed by atoms with Gasteiger partial charge in [0.1, 0.15) is 0 Å². The van der Waals surface area contributed by atoms with Gasteiger partial charge in [-0.05, 0) is 24.6 Å². The molecule has 0 fully saturated rings. The molecule has 1 atom stereocenters. The van der Waals surface area contributed by atoms with Gasteiger partial charge in [0.25, 0.3) is 0 Å². The predicted molar refractivity (Wildman–Crippen MR) is 68.2 cm³/mol. The molecule has 0 aliphatic carbocycles. The highest BCUT2D eigenvalue weighted by Gasteiger charge is 2.06. The molecule has 0 aliphatic heterocycles. The zero-order valence-corrected chi connectivity index (χ0v) is 10.4. The zero-order chi connectivity index (χ0) is 13.5. The van der Waals surface area contributed by atoms with Crippen molar-refractivity contribution in [2.75, 3.05) is 18.9 Å². The lowest BCUT2D eigenvalue weighted by Gasteiger charge is -2.09. The fourth-order valence-corrected chi connectivity index (χ4v) is 1.30. The van der Waals surface area contributed by atoms with Crippen molar-refractivity contribution >= 4 is 17.6 Å². The molecule has 1 unspecified atom stereocenters. The molecule has 0 spiro atoms.